The second kappa shape index (κ2) is 7.19. The van der Waals surface area contributed by atoms with E-state index in [4.69, 9.17) is 4.74 Å². The van der Waals surface area contributed by atoms with Gasteiger partial charge in [0.2, 0.25) is 5.78 Å². The van der Waals surface area contributed by atoms with Gasteiger partial charge in [0, 0.05) is 10.0 Å². The Balaban J connectivity index is 2.98. The minimum Gasteiger partial charge on any atom is -0.466 e. The van der Waals surface area contributed by atoms with Gasteiger partial charge in [0.15, 0.2) is 0 Å². The van der Waals surface area contributed by atoms with Crippen molar-refractivity contribution in [2.75, 3.05) is 7.11 Å². The maximum Gasteiger partial charge on any atom is 0.355 e. The number of halogens is 1. The van der Waals surface area contributed by atoms with Gasteiger partial charge in [-0.1, -0.05) is 41.9 Å². The van der Waals surface area contributed by atoms with E-state index in [1.165, 1.54) is 12.1 Å². The van der Waals surface area contributed by atoms with Crippen LogP contribution in [0.3, 0.4) is 0 Å². The maximum absolute atomic E-state index is 12.2. The molecule has 0 fully saturated rings. The van der Waals surface area contributed by atoms with Crippen LogP contribution in [0.4, 0.5) is 0 Å². The molecule has 0 bridgehead atoms. The molecule has 0 aromatic heterocycles. The van der Waals surface area contributed by atoms with Crippen LogP contribution in [0.15, 0.2) is 28.7 Å². The number of rotatable bonds is 5. The summed E-state index contributed by atoms with van der Waals surface area (Å²) in [7, 11) is 1.13. The highest BCUT2D eigenvalue weighted by Gasteiger charge is 2.33. The maximum atomic E-state index is 12.2. The molecule has 0 spiro atoms. The fourth-order valence-corrected chi connectivity index (χ4v) is 1.60. The summed E-state index contributed by atoms with van der Waals surface area (Å²) >= 11 is 3.25. The van der Waals surface area contributed by atoms with E-state index in [2.05, 4.69) is 20.7 Å². The molecule has 0 heterocycles. The number of ketones is 1. The Bertz CT molecular complexity index is 507. The van der Waals surface area contributed by atoms with Crippen LogP contribution in [0, 0.1) is 5.92 Å². The fraction of sp³-hybridized carbons (Fsp3) is 0.357. The second-order valence-electron chi connectivity index (χ2n) is 4.37. The topological polar surface area (TPSA) is 69.7 Å². The van der Waals surface area contributed by atoms with E-state index in [1.807, 2.05) is 0 Å². The first-order valence-corrected chi connectivity index (χ1v) is 6.74. The molecular weight excluding hydrogens is 328 g/mol. The molecule has 20 heavy (non-hydrogen) atoms. The molecule has 108 valence electrons. The van der Waals surface area contributed by atoms with Crippen LogP contribution in [-0.2, 0) is 19.1 Å². The Morgan fingerprint density at radius 1 is 1.05 bits per heavy atom. The molecule has 0 amide bonds. The zero-order valence-electron chi connectivity index (χ0n) is 11.4. The molecule has 0 saturated carbocycles. The van der Waals surface area contributed by atoms with Crippen molar-refractivity contribution in [3.05, 3.63) is 34.3 Å². The van der Waals surface area contributed by atoms with Crippen molar-refractivity contribution in [3.8, 4) is 0 Å². The summed E-state index contributed by atoms with van der Waals surface area (Å²) in [5, 5.41) is 0. The minimum absolute atomic E-state index is 0.264. The van der Waals surface area contributed by atoms with Crippen LogP contribution in [0.25, 0.3) is 0 Å². The Kier molecular flexibility index (Phi) is 5.88. The lowest BCUT2D eigenvalue weighted by Crippen LogP contribution is -2.37. The van der Waals surface area contributed by atoms with Crippen molar-refractivity contribution < 1.29 is 23.9 Å². The molecular formula is C14H15BrO5. The zero-order chi connectivity index (χ0) is 15.3. The minimum atomic E-state index is -1.57. The molecule has 0 N–H and O–H groups in total. The summed E-state index contributed by atoms with van der Waals surface area (Å²) in [5.74, 6) is -2.59. The number of ether oxygens (including phenoxy) is 2. The molecule has 6 heteroatoms. The third-order valence-electron chi connectivity index (χ3n) is 2.49. The molecule has 1 aromatic carbocycles. The van der Waals surface area contributed by atoms with E-state index < -0.39 is 29.7 Å². The van der Waals surface area contributed by atoms with Crippen molar-refractivity contribution in [1.29, 1.82) is 0 Å². The average Bonchev–Trinajstić information content (AvgIpc) is 2.43. The summed E-state index contributed by atoms with van der Waals surface area (Å²) in [6.45, 7) is 3.22. The van der Waals surface area contributed by atoms with Crippen LogP contribution >= 0.6 is 15.9 Å². The van der Waals surface area contributed by atoms with Crippen molar-refractivity contribution in [3.63, 3.8) is 0 Å². The van der Waals surface area contributed by atoms with Gasteiger partial charge in [0.25, 0.3) is 6.10 Å². The summed E-state index contributed by atoms with van der Waals surface area (Å²) in [6.07, 6.45) is -1.57. The van der Waals surface area contributed by atoms with E-state index in [1.54, 1.807) is 26.0 Å². The quantitative estimate of drug-likeness (QED) is 0.466. The van der Waals surface area contributed by atoms with E-state index in [0.29, 0.717) is 0 Å². The highest BCUT2D eigenvalue weighted by molar-refractivity contribution is 9.10. The Morgan fingerprint density at radius 2 is 1.60 bits per heavy atom. The highest BCUT2D eigenvalue weighted by atomic mass is 79.9. The molecule has 0 aliphatic heterocycles. The molecule has 1 rings (SSSR count). The van der Waals surface area contributed by atoms with Gasteiger partial charge in [-0.15, -0.1) is 0 Å². The Hall–Kier alpha value is -1.69. The number of benzene rings is 1. The van der Waals surface area contributed by atoms with Crippen molar-refractivity contribution >= 4 is 33.7 Å². The van der Waals surface area contributed by atoms with Crippen LogP contribution in [0.1, 0.15) is 24.2 Å². The van der Waals surface area contributed by atoms with E-state index in [-0.39, 0.29) is 5.56 Å². The molecule has 0 aliphatic carbocycles. The third kappa shape index (κ3) is 4.16. The summed E-state index contributed by atoms with van der Waals surface area (Å²) in [5.41, 5.74) is 0.264. The molecule has 0 aliphatic rings. The van der Waals surface area contributed by atoms with Crippen molar-refractivity contribution in [2.45, 2.75) is 20.0 Å². The van der Waals surface area contributed by atoms with Gasteiger partial charge in [-0.2, -0.15) is 0 Å². The third-order valence-corrected chi connectivity index (χ3v) is 3.02. The smallest absolute Gasteiger partial charge is 0.355 e. The van der Waals surface area contributed by atoms with E-state index in [9.17, 15) is 14.4 Å². The molecule has 1 aromatic rings. The number of esters is 2. The van der Waals surface area contributed by atoms with Crippen LogP contribution in [0.5, 0.6) is 0 Å². The van der Waals surface area contributed by atoms with E-state index in [0.717, 1.165) is 11.6 Å². The molecule has 1 unspecified atom stereocenters. The highest BCUT2D eigenvalue weighted by Crippen LogP contribution is 2.14. The number of hydrogen-bond donors (Lipinski definition) is 0. The lowest BCUT2D eigenvalue weighted by molar-refractivity contribution is -0.164. The summed E-state index contributed by atoms with van der Waals surface area (Å²) in [6, 6.07) is 6.38. The zero-order valence-corrected chi connectivity index (χ0v) is 13.0. The van der Waals surface area contributed by atoms with Crippen LogP contribution in [0.2, 0.25) is 0 Å². The van der Waals surface area contributed by atoms with Gasteiger partial charge >= 0.3 is 11.9 Å². The first-order valence-electron chi connectivity index (χ1n) is 5.95. The fourth-order valence-electron chi connectivity index (χ4n) is 1.33. The van der Waals surface area contributed by atoms with Crippen molar-refractivity contribution in [1.82, 2.24) is 0 Å². The Morgan fingerprint density at radius 3 is 2.05 bits per heavy atom. The molecule has 0 saturated heterocycles. The molecule has 0 radical (unpaired) electrons. The average molecular weight is 343 g/mol. The predicted molar refractivity (Wildman–Crippen MR) is 75.2 cm³/mol. The largest absolute Gasteiger partial charge is 0.466 e. The van der Waals surface area contributed by atoms with Gasteiger partial charge in [0.05, 0.1) is 13.0 Å². The SMILES string of the molecule is COC(=O)C(OC(=O)C(C)C)C(=O)c1ccc(Br)cc1. The van der Waals surface area contributed by atoms with Gasteiger partial charge in [-0.25, -0.2) is 4.79 Å². The lowest BCUT2D eigenvalue weighted by atomic mass is 10.1. The number of hydrogen-bond acceptors (Lipinski definition) is 5. The Labute approximate surface area is 125 Å². The normalized spacial score (nSPS) is 11.8. The predicted octanol–water partition coefficient (Wildman–Crippen LogP) is 2.37. The van der Waals surface area contributed by atoms with Gasteiger partial charge in [-0.05, 0) is 12.1 Å². The van der Waals surface area contributed by atoms with Gasteiger partial charge in [-0.3, -0.25) is 9.59 Å². The first-order chi connectivity index (χ1) is 9.36. The number of Topliss-reactive ketones (excluding diaryl/α,β-unsaturated/α-hetero) is 1. The van der Waals surface area contributed by atoms with Crippen LogP contribution < -0.4 is 0 Å². The second-order valence-corrected chi connectivity index (χ2v) is 5.28. The number of carbonyl (C=O) groups is 3. The summed E-state index contributed by atoms with van der Waals surface area (Å²) in [4.78, 5) is 35.4. The number of methoxy groups -OCH3 is 1. The monoisotopic (exact) mass is 342 g/mol. The van der Waals surface area contributed by atoms with E-state index >= 15 is 0 Å². The van der Waals surface area contributed by atoms with Crippen LogP contribution in [-0.4, -0.2) is 30.9 Å². The lowest BCUT2D eigenvalue weighted by Gasteiger charge is -2.16. The standard InChI is InChI=1S/C14H15BrO5/c1-8(2)13(17)20-12(14(18)19-3)11(16)9-4-6-10(15)7-5-9/h4-8,12H,1-3H3. The molecule has 5 nitrogen and oxygen atoms in total. The van der Waals surface area contributed by atoms with Gasteiger partial charge in [0.1, 0.15) is 0 Å². The first kappa shape index (κ1) is 16.4. The summed E-state index contributed by atoms with van der Waals surface area (Å²) < 4.78 is 10.2. The molecule has 1 atom stereocenters. The van der Waals surface area contributed by atoms with Crippen molar-refractivity contribution in [2.24, 2.45) is 5.92 Å². The number of carbonyl (C=O) groups excluding carboxylic acids is 3. The van der Waals surface area contributed by atoms with Gasteiger partial charge < -0.3 is 9.47 Å².